The van der Waals surface area contributed by atoms with Crippen molar-refractivity contribution < 1.29 is 4.79 Å². The molecule has 0 radical (unpaired) electrons. The summed E-state index contributed by atoms with van der Waals surface area (Å²) >= 11 is 0. The molecule has 0 bridgehead atoms. The van der Waals surface area contributed by atoms with Gasteiger partial charge in [-0.05, 0) is 76.2 Å². The number of nitrogens with zero attached hydrogens (tertiary/aromatic N) is 1. The van der Waals surface area contributed by atoms with Gasteiger partial charge in [-0.2, -0.15) is 0 Å². The third-order valence-corrected chi connectivity index (χ3v) is 8.44. The third-order valence-electron chi connectivity index (χ3n) is 8.44. The zero-order chi connectivity index (χ0) is 28.0. The summed E-state index contributed by atoms with van der Waals surface area (Å²) in [6, 6.07) is 50.1. The van der Waals surface area contributed by atoms with Crippen molar-refractivity contribution in [2.75, 3.05) is 0 Å². The number of rotatable bonds is 4. The molecule has 6 aromatic carbocycles. The molecule has 0 N–H and O–H groups in total. The molecule has 1 aromatic heterocycles. The van der Waals surface area contributed by atoms with Crippen LogP contribution in [0.1, 0.15) is 32.6 Å². The lowest BCUT2D eigenvalue weighted by Gasteiger charge is -2.22. The van der Waals surface area contributed by atoms with Gasteiger partial charge < -0.3 is 4.57 Å². The van der Waals surface area contributed by atoms with E-state index in [-0.39, 0.29) is 5.78 Å². The fourth-order valence-corrected chi connectivity index (χ4v) is 6.43. The molecule has 8 rings (SSSR count). The highest BCUT2D eigenvalue weighted by atomic mass is 16.1. The quantitative estimate of drug-likeness (QED) is 0.205. The van der Waals surface area contributed by atoms with E-state index in [2.05, 4.69) is 120 Å². The molecule has 0 atom stereocenters. The van der Waals surface area contributed by atoms with Crippen molar-refractivity contribution in [1.82, 2.24) is 4.57 Å². The second-order valence-electron chi connectivity index (χ2n) is 10.9. The van der Waals surface area contributed by atoms with Crippen molar-refractivity contribution in [3.05, 3.63) is 173 Å². The summed E-state index contributed by atoms with van der Waals surface area (Å²) in [6.45, 7) is 0. The van der Waals surface area contributed by atoms with E-state index >= 15 is 0 Å². The van der Waals surface area contributed by atoms with Crippen molar-refractivity contribution in [1.29, 1.82) is 0 Å². The fraction of sp³-hybridized carbons (Fsp3) is 0.0250. The summed E-state index contributed by atoms with van der Waals surface area (Å²) in [5.41, 5.74) is 12.3. The van der Waals surface area contributed by atoms with E-state index in [1.54, 1.807) is 0 Å². The smallest absolute Gasteiger partial charge is 0.193 e. The monoisotopic (exact) mass is 537 g/mol. The van der Waals surface area contributed by atoms with Gasteiger partial charge in [0.05, 0.1) is 11.0 Å². The average molecular weight is 538 g/mol. The van der Waals surface area contributed by atoms with Gasteiger partial charge in [-0.25, -0.2) is 0 Å². The number of carbonyl (C=O) groups excluding carboxylic acids is 1. The molecule has 0 saturated heterocycles. The molecule has 42 heavy (non-hydrogen) atoms. The fourth-order valence-electron chi connectivity index (χ4n) is 6.43. The van der Waals surface area contributed by atoms with E-state index in [1.165, 1.54) is 38.6 Å². The molecule has 0 spiro atoms. The summed E-state index contributed by atoms with van der Waals surface area (Å²) in [5, 5.41) is 2.45. The summed E-state index contributed by atoms with van der Waals surface area (Å²) < 4.78 is 2.27. The first-order valence-electron chi connectivity index (χ1n) is 14.4. The summed E-state index contributed by atoms with van der Waals surface area (Å²) in [6.07, 6.45) is 3.15. The number of fused-ring (bicyclic) bond motifs is 6. The second-order valence-corrected chi connectivity index (χ2v) is 10.9. The van der Waals surface area contributed by atoms with Gasteiger partial charge in [-0.15, -0.1) is 0 Å². The zero-order valence-electron chi connectivity index (χ0n) is 23.0. The van der Waals surface area contributed by atoms with Crippen LogP contribution in [-0.2, 0) is 6.42 Å². The molecule has 0 unspecified atom stereocenters. The molecule has 7 aromatic rings. The highest BCUT2D eigenvalue weighted by molar-refractivity contribution is 6.10. The van der Waals surface area contributed by atoms with E-state index in [0.29, 0.717) is 11.1 Å². The van der Waals surface area contributed by atoms with Gasteiger partial charge in [0.25, 0.3) is 0 Å². The second kappa shape index (κ2) is 9.87. The molecule has 2 heteroatoms. The molecule has 1 aliphatic rings. The van der Waals surface area contributed by atoms with Crippen molar-refractivity contribution >= 4 is 39.2 Å². The van der Waals surface area contributed by atoms with E-state index < -0.39 is 0 Å². The van der Waals surface area contributed by atoms with Crippen LogP contribution in [0.3, 0.4) is 0 Å². The number of aromatic nitrogens is 1. The van der Waals surface area contributed by atoms with E-state index in [1.807, 2.05) is 36.4 Å². The highest BCUT2D eigenvalue weighted by Gasteiger charge is 2.19. The maximum Gasteiger partial charge on any atom is 0.193 e. The number of carbonyl (C=O) groups is 1. The first kappa shape index (κ1) is 24.3. The molecule has 0 amide bonds. The largest absolute Gasteiger partial charge is 0.309 e. The summed E-state index contributed by atoms with van der Waals surface area (Å²) in [7, 11) is 0. The first-order chi connectivity index (χ1) is 20.7. The van der Waals surface area contributed by atoms with Gasteiger partial charge in [0.2, 0.25) is 0 Å². The van der Waals surface area contributed by atoms with Crippen molar-refractivity contribution in [3.63, 3.8) is 0 Å². The number of hydrogen-bond acceptors (Lipinski definition) is 1. The Hall–Kier alpha value is -5.47. The minimum atomic E-state index is 0.0277. The molecule has 0 aliphatic heterocycles. The van der Waals surface area contributed by atoms with Crippen LogP contribution in [0.2, 0.25) is 0 Å². The average Bonchev–Trinajstić information content (AvgIpc) is 3.39. The van der Waals surface area contributed by atoms with Gasteiger partial charge >= 0.3 is 0 Å². The summed E-state index contributed by atoms with van der Waals surface area (Å²) in [4.78, 5) is 13.4. The molecular formula is C40H27NO. The third kappa shape index (κ3) is 4.00. The minimum Gasteiger partial charge on any atom is -0.309 e. The van der Waals surface area contributed by atoms with Gasteiger partial charge in [0.1, 0.15) is 0 Å². The predicted molar refractivity (Wildman–Crippen MR) is 174 cm³/mol. The maximum atomic E-state index is 13.4. The van der Waals surface area contributed by atoms with Crippen molar-refractivity contribution in [2.24, 2.45) is 0 Å². The van der Waals surface area contributed by atoms with Crippen LogP contribution in [0.15, 0.2) is 146 Å². The summed E-state index contributed by atoms with van der Waals surface area (Å²) in [5.74, 6) is 0.0277. The van der Waals surface area contributed by atoms with E-state index in [9.17, 15) is 4.79 Å². The molecule has 198 valence electrons. The standard InChI is InChI=1S/C40H27NO/c42-40(29-21-23-32(24-22-29)41-38-15-7-5-13-36(38)37-14-6-8-16-39(37)41)28-19-17-27(18-20-28)25-31-26-30-9-1-2-10-33(30)35-12-4-3-11-34(31)35/h1-25H,26H2. The lowest BCUT2D eigenvalue weighted by atomic mass is 9.82. The Balaban J connectivity index is 1.08. The predicted octanol–water partition coefficient (Wildman–Crippen LogP) is 9.78. The Morgan fingerprint density at radius 3 is 1.71 bits per heavy atom. The van der Waals surface area contributed by atoms with Gasteiger partial charge in [0, 0.05) is 27.6 Å². The van der Waals surface area contributed by atoms with Gasteiger partial charge in [0.15, 0.2) is 5.78 Å². The molecule has 0 saturated carbocycles. The van der Waals surface area contributed by atoms with Crippen LogP contribution in [0, 0.1) is 0 Å². The van der Waals surface area contributed by atoms with E-state index in [0.717, 1.165) is 28.7 Å². The molecule has 2 nitrogen and oxygen atoms in total. The maximum absolute atomic E-state index is 13.4. The first-order valence-corrected chi connectivity index (χ1v) is 14.4. The van der Waals surface area contributed by atoms with Crippen LogP contribution >= 0.6 is 0 Å². The number of ketones is 1. The molecule has 0 fully saturated rings. The molecular weight excluding hydrogens is 510 g/mol. The normalized spacial score (nSPS) is 13.3. The number of allylic oxidation sites excluding steroid dienone is 1. The topological polar surface area (TPSA) is 22.0 Å². The Bertz CT molecular complexity index is 2110. The Kier molecular flexibility index (Phi) is 5.72. The van der Waals surface area contributed by atoms with Crippen LogP contribution in [0.5, 0.6) is 0 Å². The lowest BCUT2D eigenvalue weighted by molar-refractivity contribution is 0.103. The van der Waals surface area contributed by atoms with Gasteiger partial charge in [-0.3, -0.25) is 4.79 Å². The Labute approximate surface area is 244 Å². The minimum absolute atomic E-state index is 0.0277. The van der Waals surface area contributed by atoms with Crippen LogP contribution in [0.4, 0.5) is 0 Å². The molecule has 1 heterocycles. The van der Waals surface area contributed by atoms with Crippen molar-refractivity contribution in [2.45, 2.75) is 6.42 Å². The van der Waals surface area contributed by atoms with Crippen LogP contribution < -0.4 is 0 Å². The highest BCUT2D eigenvalue weighted by Crippen LogP contribution is 2.39. The van der Waals surface area contributed by atoms with Crippen LogP contribution in [-0.4, -0.2) is 10.4 Å². The lowest BCUT2D eigenvalue weighted by Crippen LogP contribution is -2.03. The number of benzene rings is 6. The van der Waals surface area contributed by atoms with Crippen molar-refractivity contribution in [3.8, 4) is 16.8 Å². The number of hydrogen-bond donors (Lipinski definition) is 0. The Morgan fingerprint density at radius 2 is 1.05 bits per heavy atom. The van der Waals surface area contributed by atoms with Crippen LogP contribution in [0.25, 0.3) is 50.3 Å². The van der Waals surface area contributed by atoms with E-state index in [4.69, 9.17) is 0 Å². The zero-order valence-corrected chi connectivity index (χ0v) is 23.0. The molecule has 1 aliphatic carbocycles. The Morgan fingerprint density at radius 1 is 0.524 bits per heavy atom. The SMILES string of the molecule is O=C(c1ccc(C=C2Cc3ccccc3-c3ccccc32)cc1)c1ccc(-n2c3ccccc3c3ccccc32)cc1. The number of para-hydroxylation sites is 2. The van der Waals surface area contributed by atoms with Gasteiger partial charge in [-0.1, -0.05) is 115 Å².